The van der Waals surface area contributed by atoms with Crippen LogP contribution >= 0.6 is 0 Å². The van der Waals surface area contributed by atoms with E-state index in [1.165, 1.54) is 24.3 Å². The number of carbonyl (C=O) groups is 2. The molecule has 0 aromatic heterocycles. The second-order valence-corrected chi connectivity index (χ2v) is 5.30. The van der Waals surface area contributed by atoms with E-state index in [0.717, 1.165) is 18.9 Å². The van der Waals surface area contributed by atoms with E-state index in [0.29, 0.717) is 5.56 Å². The van der Waals surface area contributed by atoms with Crippen molar-refractivity contribution in [1.82, 2.24) is 5.32 Å². The maximum absolute atomic E-state index is 12.3. The van der Waals surface area contributed by atoms with E-state index in [1.54, 1.807) is 6.92 Å². The first-order chi connectivity index (χ1) is 12.0. The highest BCUT2D eigenvalue weighted by molar-refractivity contribution is 5.89. The zero-order chi connectivity index (χ0) is 18.2. The summed E-state index contributed by atoms with van der Waals surface area (Å²) in [6.07, 6.45) is 4.47. The number of hydrogen-bond donors (Lipinski definition) is 1. The number of halogens is 2. The number of ether oxygens (including phenoxy) is 3. The van der Waals surface area contributed by atoms with Crippen LogP contribution in [0.25, 0.3) is 6.08 Å². The van der Waals surface area contributed by atoms with Gasteiger partial charge in [-0.25, -0.2) is 4.79 Å². The molecule has 1 aliphatic carbocycles. The number of carbonyl (C=O) groups excluding carboxylic acids is 2. The van der Waals surface area contributed by atoms with E-state index in [4.69, 9.17) is 9.47 Å². The first-order valence-electron chi connectivity index (χ1n) is 7.83. The van der Waals surface area contributed by atoms with Crippen LogP contribution < -0.4 is 14.8 Å². The molecular formula is C17H19F2NO5. The van der Waals surface area contributed by atoms with Crippen molar-refractivity contribution in [2.24, 2.45) is 0 Å². The van der Waals surface area contributed by atoms with E-state index in [1.807, 2.05) is 0 Å². The molecule has 0 spiro atoms. The normalized spacial score (nSPS) is 13.8. The van der Waals surface area contributed by atoms with Gasteiger partial charge in [0.25, 0.3) is 5.91 Å². The van der Waals surface area contributed by atoms with Crippen LogP contribution in [-0.2, 0) is 14.3 Å². The maximum Gasteiger partial charge on any atom is 0.387 e. The second-order valence-electron chi connectivity index (χ2n) is 5.30. The number of nitrogens with one attached hydrogen (secondary N) is 1. The Morgan fingerprint density at radius 1 is 1.32 bits per heavy atom. The first kappa shape index (κ1) is 18.7. The number of rotatable bonds is 9. The Kier molecular flexibility index (Phi) is 6.73. The Hall–Kier alpha value is -2.64. The highest BCUT2D eigenvalue weighted by atomic mass is 19.3. The number of esters is 1. The van der Waals surface area contributed by atoms with Gasteiger partial charge >= 0.3 is 12.6 Å². The summed E-state index contributed by atoms with van der Waals surface area (Å²) in [4.78, 5) is 23.0. The van der Waals surface area contributed by atoms with Crippen molar-refractivity contribution < 1.29 is 32.6 Å². The van der Waals surface area contributed by atoms with Gasteiger partial charge in [-0.3, -0.25) is 4.79 Å². The van der Waals surface area contributed by atoms with E-state index in [9.17, 15) is 18.4 Å². The van der Waals surface area contributed by atoms with Crippen LogP contribution in [0.1, 0.15) is 25.3 Å². The molecule has 1 aliphatic rings. The SMILES string of the molecule is CCOc1cc(/C=C/C(=O)OCC(=O)NC2CC2)ccc1OC(F)F. The van der Waals surface area contributed by atoms with E-state index < -0.39 is 12.6 Å². The van der Waals surface area contributed by atoms with Crippen LogP contribution in [0, 0.1) is 0 Å². The molecule has 1 aromatic rings. The summed E-state index contributed by atoms with van der Waals surface area (Å²) < 4.78 is 39.1. The van der Waals surface area contributed by atoms with Gasteiger partial charge < -0.3 is 19.5 Å². The molecular weight excluding hydrogens is 336 g/mol. The lowest BCUT2D eigenvalue weighted by Crippen LogP contribution is -2.30. The molecule has 0 atom stereocenters. The average molecular weight is 355 g/mol. The topological polar surface area (TPSA) is 73.9 Å². The van der Waals surface area contributed by atoms with Gasteiger partial charge in [0.1, 0.15) is 0 Å². The molecule has 1 aromatic carbocycles. The lowest BCUT2D eigenvalue weighted by Gasteiger charge is -2.11. The van der Waals surface area contributed by atoms with Gasteiger partial charge in [0.05, 0.1) is 6.61 Å². The quantitative estimate of drug-likeness (QED) is 0.544. The summed E-state index contributed by atoms with van der Waals surface area (Å²) in [5, 5.41) is 2.69. The van der Waals surface area contributed by atoms with E-state index in [-0.39, 0.29) is 36.7 Å². The van der Waals surface area contributed by atoms with Crippen molar-refractivity contribution >= 4 is 18.0 Å². The smallest absolute Gasteiger partial charge is 0.387 e. The molecule has 1 fully saturated rings. The fraction of sp³-hybridized carbons (Fsp3) is 0.412. The minimum absolute atomic E-state index is 0.0895. The zero-order valence-corrected chi connectivity index (χ0v) is 13.7. The number of hydrogen-bond acceptors (Lipinski definition) is 5. The van der Waals surface area contributed by atoms with Gasteiger partial charge in [-0.05, 0) is 43.5 Å². The summed E-state index contributed by atoms with van der Waals surface area (Å²) in [5.41, 5.74) is 0.532. The van der Waals surface area contributed by atoms with Crippen LogP contribution in [0.4, 0.5) is 8.78 Å². The minimum atomic E-state index is -2.96. The fourth-order valence-electron chi connectivity index (χ4n) is 1.94. The second kappa shape index (κ2) is 9.00. The first-order valence-corrected chi connectivity index (χ1v) is 7.83. The molecule has 6 nitrogen and oxygen atoms in total. The number of alkyl halides is 2. The summed E-state index contributed by atoms with van der Waals surface area (Å²) >= 11 is 0. The van der Waals surface area contributed by atoms with Gasteiger partial charge in [-0.2, -0.15) is 8.78 Å². The molecule has 0 aliphatic heterocycles. The summed E-state index contributed by atoms with van der Waals surface area (Å²) in [6, 6.07) is 4.48. The monoisotopic (exact) mass is 355 g/mol. The Bertz CT molecular complexity index is 644. The summed E-state index contributed by atoms with van der Waals surface area (Å²) in [7, 11) is 0. The highest BCUT2D eigenvalue weighted by Crippen LogP contribution is 2.30. The van der Waals surface area contributed by atoms with Crippen molar-refractivity contribution in [2.45, 2.75) is 32.4 Å². The Balaban J connectivity index is 1.90. The third-order valence-electron chi connectivity index (χ3n) is 3.18. The van der Waals surface area contributed by atoms with Crippen molar-refractivity contribution in [2.75, 3.05) is 13.2 Å². The van der Waals surface area contributed by atoms with Gasteiger partial charge in [-0.1, -0.05) is 6.07 Å². The predicted molar refractivity (Wildman–Crippen MR) is 85.4 cm³/mol. The van der Waals surface area contributed by atoms with Crippen LogP contribution in [0.2, 0.25) is 0 Å². The molecule has 1 saturated carbocycles. The Labute approximate surface area is 143 Å². The lowest BCUT2D eigenvalue weighted by molar-refractivity contribution is -0.143. The van der Waals surface area contributed by atoms with Crippen molar-refractivity contribution in [3.05, 3.63) is 29.8 Å². The predicted octanol–water partition coefficient (Wildman–Crippen LogP) is 2.52. The molecule has 25 heavy (non-hydrogen) atoms. The van der Waals surface area contributed by atoms with Gasteiger partial charge in [0.15, 0.2) is 18.1 Å². The van der Waals surface area contributed by atoms with Crippen molar-refractivity contribution in [3.63, 3.8) is 0 Å². The molecule has 0 radical (unpaired) electrons. The van der Waals surface area contributed by atoms with Crippen LogP contribution in [0.15, 0.2) is 24.3 Å². The average Bonchev–Trinajstić information content (AvgIpc) is 3.37. The molecule has 8 heteroatoms. The molecule has 0 heterocycles. The third kappa shape index (κ3) is 6.78. The molecule has 1 N–H and O–H groups in total. The Morgan fingerprint density at radius 2 is 2.08 bits per heavy atom. The van der Waals surface area contributed by atoms with Crippen LogP contribution in [0.3, 0.4) is 0 Å². The molecule has 0 unspecified atom stereocenters. The Morgan fingerprint density at radius 3 is 2.72 bits per heavy atom. The van der Waals surface area contributed by atoms with Gasteiger partial charge in [-0.15, -0.1) is 0 Å². The number of amides is 1. The largest absolute Gasteiger partial charge is 0.490 e. The minimum Gasteiger partial charge on any atom is -0.490 e. The standard InChI is InChI=1S/C17H19F2NO5/c1-2-23-14-9-11(3-7-13(14)25-17(18)19)4-8-16(22)24-10-15(21)20-12-5-6-12/h3-4,7-9,12,17H,2,5-6,10H2,1H3,(H,20,21)/b8-4+. The summed E-state index contributed by atoms with van der Waals surface area (Å²) in [5.74, 6) is -0.969. The van der Waals surface area contributed by atoms with Gasteiger partial charge in [0, 0.05) is 12.1 Å². The molecule has 0 saturated heterocycles. The molecule has 136 valence electrons. The fourth-order valence-corrected chi connectivity index (χ4v) is 1.94. The van der Waals surface area contributed by atoms with Crippen molar-refractivity contribution in [1.29, 1.82) is 0 Å². The van der Waals surface area contributed by atoms with E-state index >= 15 is 0 Å². The third-order valence-corrected chi connectivity index (χ3v) is 3.18. The highest BCUT2D eigenvalue weighted by Gasteiger charge is 2.23. The lowest BCUT2D eigenvalue weighted by atomic mass is 10.2. The van der Waals surface area contributed by atoms with Crippen molar-refractivity contribution in [3.8, 4) is 11.5 Å². The molecule has 1 amide bonds. The summed E-state index contributed by atoms with van der Waals surface area (Å²) in [6.45, 7) is -1.33. The molecule has 2 rings (SSSR count). The zero-order valence-electron chi connectivity index (χ0n) is 13.7. The maximum atomic E-state index is 12.3. The van der Waals surface area contributed by atoms with Crippen LogP contribution in [0.5, 0.6) is 11.5 Å². The van der Waals surface area contributed by atoms with Gasteiger partial charge in [0.2, 0.25) is 0 Å². The van der Waals surface area contributed by atoms with E-state index in [2.05, 4.69) is 10.1 Å². The number of benzene rings is 1. The van der Waals surface area contributed by atoms with Crippen LogP contribution in [-0.4, -0.2) is 37.7 Å². The molecule has 0 bridgehead atoms.